The number of aromatic nitrogens is 3. The topological polar surface area (TPSA) is 69.0 Å². The molecule has 6 nitrogen and oxygen atoms in total. The molecule has 0 spiro atoms. The molecule has 6 heteroatoms. The molecule has 0 saturated carbocycles. The summed E-state index contributed by atoms with van der Waals surface area (Å²) in [6.07, 6.45) is 4.88. The van der Waals surface area contributed by atoms with E-state index in [0.717, 1.165) is 22.6 Å². The molecule has 1 aromatic carbocycles. The molecule has 0 saturated heterocycles. The summed E-state index contributed by atoms with van der Waals surface area (Å²) in [4.78, 5) is 15.9. The number of hydrogen-bond acceptors (Lipinski definition) is 5. The number of rotatable bonds is 4. The van der Waals surface area contributed by atoms with Crippen LogP contribution in [0.25, 0.3) is 5.69 Å². The third-order valence-corrected chi connectivity index (χ3v) is 3.85. The van der Waals surface area contributed by atoms with Crippen molar-refractivity contribution in [2.24, 2.45) is 0 Å². The maximum Gasteiger partial charge on any atom is 0.340 e. The molecule has 3 aromatic rings. The number of esters is 1. The lowest BCUT2D eigenvalue weighted by Crippen LogP contribution is -2.06. The van der Waals surface area contributed by atoms with Crippen molar-refractivity contribution in [3.05, 3.63) is 65.7 Å². The first-order chi connectivity index (χ1) is 11.6. The number of aryl methyl sites for hydroxylation is 1. The molecule has 0 aliphatic heterocycles. The second-order valence-corrected chi connectivity index (χ2v) is 5.38. The predicted molar refractivity (Wildman–Crippen MR) is 91.9 cm³/mol. The molecule has 0 aliphatic carbocycles. The average Bonchev–Trinajstić information content (AvgIpc) is 2.96. The summed E-state index contributed by atoms with van der Waals surface area (Å²) in [5.41, 5.74) is 4.89. The van der Waals surface area contributed by atoms with Gasteiger partial charge in [-0.3, -0.25) is 4.98 Å². The number of para-hydroxylation sites is 1. The zero-order valence-corrected chi connectivity index (χ0v) is 13.8. The minimum Gasteiger partial charge on any atom is -0.465 e. The fraction of sp³-hybridized carbons (Fsp3) is 0.167. The summed E-state index contributed by atoms with van der Waals surface area (Å²) in [7, 11) is 1.36. The van der Waals surface area contributed by atoms with Crippen LogP contribution in [0.3, 0.4) is 0 Å². The Kier molecular flexibility index (Phi) is 4.29. The smallest absolute Gasteiger partial charge is 0.340 e. The number of carbonyl (C=O) groups is 1. The first-order valence-corrected chi connectivity index (χ1v) is 7.52. The van der Waals surface area contributed by atoms with Crippen LogP contribution < -0.4 is 5.32 Å². The normalized spacial score (nSPS) is 10.5. The van der Waals surface area contributed by atoms with E-state index in [1.165, 1.54) is 7.11 Å². The van der Waals surface area contributed by atoms with E-state index in [2.05, 4.69) is 15.4 Å². The van der Waals surface area contributed by atoms with Gasteiger partial charge in [-0.1, -0.05) is 18.2 Å². The summed E-state index contributed by atoms with van der Waals surface area (Å²) in [5, 5.41) is 7.67. The molecule has 24 heavy (non-hydrogen) atoms. The highest BCUT2D eigenvalue weighted by Gasteiger charge is 2.15. The van der Waals surface area contributed by atoms with Gasteiger partial charge in [0.15, 0.2) is 0 Å². The first-order valence-electron chi connectivity index (χ1n) is 7.52. The van der Waals surface area contributed by atoms with E-state index in [9.17, 15) is 4.79 Å². The van der Waals surface area contributed by atoms with E-state index in [1.54, 1.807) is 24.7 Å². The number of carbonyl (C=O) groups excluding carboxylic acids is 1. The van der Waals surface area contributed by atoms with Crippen LogP contribution >= 0.6 is 0 Å². The summed E-state index contributed by atoms with van der Waals surface area (Å²) in [6, 6.07) is 9.65. The van der Waals surface area contributed by atoms with Crippen molar-refractivity contribution in [3.63, 3.8) is 0 Å². The van der Waals surface area contributed by atoms with Crippen molar-refractivity contribution in [2.45, 2.75) is 13.8 Å². The van der Waals surface area contributed by atoms with Gasteiger partial charge in [0.2, 0.25) is 0 Å². The lowest BCUT2D eigenvalue weighted by Gasteiger charge is -2.11. The van der Waals surface area contributed by atoms with Crippen molar-refractivity contribution in [3.8, 4) is 5.69 Å². The van der Waals surface area contributed by atoms with Crippen molar-refractivity contribution in [1.82, 2.24) is 14.8 Å². The van der Waals surface area contributed by atoms with Gasteiger partial charge in [0.1, 0.15) is 0 Å². The molecular weight excluding hydrogens is 304 g/mol. The fourth-order valence-electron chi connectivity index (χ4n) is 2.50. The van der Waals surface area contributed by atoms with Crippen LogP contribution in [0, 0.1) is 13.8 Å². The number of nitrogens with one attached hydrogen (secondary N) is 1. The molecule has 0 fully saturated rings. The van der Waals surface area contributed by atoms with Crippen LogP contribution in [0.2, 0.25) is 0 Å². The second-order valence-electron chi connectivity index (χ2n) is 5.38. The van der Waals surface area contributed by atoms with Crippen molar-refractivity contribution in [1.29, 1.82) is 0 Å². The van der Waals surface area contributed by atoms with Gasteiger partial charge in [-0.2, -0.15) is 5.10 Å². The van der Waals surface area contributed by atoms with Crippen LogP contribution in [0.5, 0.6) is 0 Å². The van der Waals surface area contributed by atoms with Crippen LogP contribution in [-0.2, 0) is 4.74 Å². The van der Waals surface area contributed by atoms with Gasteiger partial charge in [0, 0.05) is 6.20 Å². The van der Waals surface area contributed by atoms with Gasteiger partial charge in [-0.25, -0.2) is 9.48 Å². The molecule has 2 heterocycles. The van der Waals surface area contributed by atoms with Crippen molar-refractivity contribution < 1.29 is 9.53 Å². The molecule has 0 aliphatic rings. The number of hydrogen-bond donors (Lipinski definition) is 1. The van der Waals surface area contributed by atoms with Gasteiger partial charge < -0.3 is 10.1 Å². The Hall–Kier alpha value is -3.15. The van der Waals surface area contributed by atoms with Gasteiger partial charge in [0.25, 0.3) is 0 Å². The molecule has 0 bridgehead atoms. The van der Waals surface area contributed by atoms with E-state index in [0.29, 0.717) is 11.3 Å². The van der Waals surface area contributed by atoms with Crippen LogP contribution in [0.15, 0.2) is 48.9 Å². The summed E-state index contributed by atoms with van der Waals surface area (Å²) >= 11 is 0. The Morgan fingerprint density at radius 1 is 1.12 bits per heavy atom. The summed E-state index contributed by atoms with van der Waals surface area (Å²) in [5.74, 6) is -0.413. The minimum absolute atomic E-state index is 0.413. The zero-order chi connectivity index (χ0) is 17.1. The van der Waals surface area contributed by atoms with Crippen molar-refractivity contribution >= 4 is 17.3 Å². The fourth-order valence-corrected chi connectivity index (χ4v) is 2.50. The standard InChI is InChI=1S/C18H18N4O2/c1-12-6-4-5-7-17(12)22-13(2)15(11-20-22)21-16-10-19-9-8-14(16)18(23)24-3/h4-11,21H,1-3H3. The number of methoxy groups -OCH3 is 1. The SMILES string of the molecule is COC(=O)c1ccncc1Nc1cnn(-c2ccccc2C)c1C. The molecule has 0 amide bonds. The number of benzene rings is 1. The lowest BCUT2D eigenvalue weighted by atomic mass is 10.2. The molecule has 122 valence electrons. The Balaban J connectivity index is 1.97. The molecular formula is C18H18N4O2. The number of nitrogens with zero attached hydrogens (tertiary/aromatic N) is 3. The van der Waals surface area contributed by atoms with E-state index in [-0.39, 0.29) is 0 Å². The number of ether oxygens (including phenoxy) is 1. The molecule has 2 aromatic heterocycles. The maximum atomic E-state index is 11.9. The van der Waals surface area contributed by atoms with E-state index in [1.807, 2.05) is 42.8 Å². The molecule has 1 N–H and O–H groups in total. The number of pyridine rings is 1. The quantitative estimate of drug-likeness (QED) is 0.745. The third kappa shape index (κ3) is 2.86. The highest BCUT2D eigenvalue weighted by atomic mass is 16.5. The Morgan fingerprint density at radius 2 is 1.92 bits per heavy atom. The third-order valence-electron chi connectivity index (χ3n) is 3.85. The second kappa shape index (κ2) is 6.54. The summed E-state index contributed by atoms with van der Waals surface area (Å²) < 4.78 is 6.67. The highest BCUT2D eigenvalue weighted by Crippen LogP contribution is 2.25. The molecule has 0 unspecified atom stereocenters. The minimum atomic E-state index is -0.413. The van der Waals surface area contributed by atoms with Gasteiger partial charge in [0.05, 0.1) is 47.8 Å². The number of anilines is 2. The van der Waals surface area contributed by atoms with Crippen molar-refractivity contribution in [2.75, 3.05) is 12.4 Å². The Bertz CT molecular complexity index is 886. The largest absolute Gasteiger partial charge is 0.465 e. The average molecular weight is 322 g/mol. The summed E-state index contributed by atoms with van der Waals surface area (Å²) in [6.45, 7) is 4.01. The highest BCUT2D eigenvalue weighted by molar-refractivity contribution is 5.96. The van der Waals surface area contributed by atoms with E-state index >= 15 is 0 Å². The Morgan fingerprint density at radius 3 is 2.67 bits per heavy atom. The van der Waals surface area contributed by atoms with Crippen LogP contribution in [0.4, 0.5) is 11.4 Å². The van der Waals surface area contributed by atoms with E-state index in [4.69, 9.17) is 4.74 Å². The first kappa shape index (κ1) is 15.7. The Labute approximate surface area is 140 Å². The lowest BCUT2D eigenvalue weighted by molar-refractivity contribution is 0.0602. The zero-order valence-electron chi connectivity index (χ0n) is 13.8. The molecule has 0 radical (unpaired) electrons. The predicted octanol–water partition coefficient (Wildman–Crippen LogP) is 3.41. The van der Waals surface area contributed by atoms with Crippen LogP contribution in [-0.4, -0.2) is 27.8 Å². The van der Waals surface area contributed by atoms with Crippen LogP contribution in [0.1, 0.15) is 21.6 Å². The van der Waals surface area contributed by atoms with Gasteiger partial charge >= 0.3 is 5.97 Å². The molecule has 0 atom stereocenters. The maximum absolute atomic E-state index is 11.9. The van der Waals surface area contributed by atoms with E-state index < -0.39 is 5.97 Å². The van der Waals surface area contributed by atoms with Gasteiger partial charge in [-0.05, 0) is 31.5 Å². The monoisotopic (exact) mass is 322 g/mol. The molecule has 3 rings (SSSR count). The van der Waals surface area contributed by atoms with Gasteiger partial charge in [-0.15, -0.1) is 0 Å².